The number of nitrogens with one attached hydrogen (secondary N) is 1. The number of rotatable bonds is 3. The van der Waals surface area contributed by atoms with Crippen molar-refractivity contribution in [2.75, 3.05) is 6.54 Å². The van der Waals surface area contributed by atoms with Gasteiger partial charge in [0, 0.05) is 18.1 Å². The van der Waals surface area contributed by atoms with Gasteiger partial charge in [-0.15, -0.1) is 11.3 Å². The van der Waals surface area contributed by atoms with Crippen molar-refractivity contribution in [2.45, 2.75) is 6.54 Å². The van der Waals surface area contributed by atoms with Gasteiger partial charge in [-0.05, 0) is 12.1 Å². The van der Waals surface area contributed by atoms with E-state index >= 15 is 0 Å². The molecule has 2 aromatic heterocycles. The number of nitrogens with two attached hydrogens (primary N) is 1. The van der Waals surface area contributed by atoms with E-state index in [1.165, 1.54) is 0 Å². The van der Waals surface area contributed by atoms with Crippen molar-refractivity contribution in [1.29, 1.82) is 0 Å². The lowest BCUT2D eigenvalue weighted by Gasteiger charge is -1.99. The number of aryl methyl sites for hydroxylation is 1. The van der Waals surface area contributed by atoms with Crippen LogP contribution in [0.5, 0.6) is 0 Å². The third kappa shape index (κ3) is 3.68. The van der Waals surface area contributed by atoms with E-state index in [4.69, 9.17) is 5.73 Å². The summed E-state index contributed by atoms with van der Waals surface area (Å²) in [5.41, 5.74) is 5.73. The lowest BCUT2D eigenvalue weighted by Crippen LogP contribution is -2.22. The van der Waals surface area contributed by atoms with Gasteiger partial charge in [0.1, 0.15) is 5.69 Å². The van der Waals surface area contributed by atoms with Crippen LogP contribution in [-0.2, 0) is 13.6 Å². The molecule has 0 aliphatic rings. The zero-order chi connectivity index (χ0) is 13.7. The molecule has 6 heteroatoms. The van der Waals surface area contributed by atoms with Crippen molar-refractivity contribution in [3.63, 3.8) is 0 Å². The van der Waals surface area contributed by atoms with Crippen LogP contribution in [0.25, 0.3) is 0 Å². The van der Waals surface area contributed by atoms with E-state index in [1.54, 1.807) is 28.4 Å². The Bertz CT molecular complexity index is 632. The van der Waals surface area contributed by atoms with E-state index in [0.29, 0.717) is 18.8 Å². The maximum atomic E-state index is 11.8. The van der Waals surface area contributed by atoms with Gasteiger partial charge in [-0.1, -0.05) is 11.8 Å². The largest absolute Gasteiger partial charge is 0.346 e. The third-order valence-corrected chi connectivity index (χ3v) is 3.34. The van der Waals surface area contributed by atoms with Gasteiger partial charge < -0.3 is 15.6 Å². The highest BCUT2D eigenvalue weighted by atomic mass is 32.1. The highest BCUT2D eigenvalue weighted by Crippen LogP contribution is 2.15. The fraction of sp³-hybridized carbons (Fsp3) is 0.231. The predicted octanol–water partition coefficient (Wildman–Crippen LogP) is 0.722. The number of hydrogen-bond donors (Lipinski definition) is 2. The Hall–Kier alpha value is -2.10. The van der Waals surface area contributed by atoms with E-state index in [2.05, 4.69) is 22.1 Å². The molecular formula is C13H14N4OS. The zero-order valence-electron chi connectivity index (χ0n) is 10.5. The zero-order valence-corrected chi connectivity index (χ0v) is 11.3. The number of carbonyl (C=O) groups is 1. The van der Waals surface area contributed by atoms with Crippen molar-refractivity contribution >= 4 is 17.2 Å². The standard InChI is InChI=1S/C13H14N4OS/c1-17-8-12(16-9-17)13(18)15-7-11-5-4-10(19-11)3-2-6-14/h4-5,8-9H,6-7,14H2,1H3,(H,15,18). The van der Waals surface area contributed by atoms with Crippen molar-refractivity contribution in [3.05, 3.63) is 40.1 Å². The minimum absolute atomic E-state index is 0.177. The van der Waals surface area contributed by atoms with Crippen LogP contribution < -0.4 is 11.1 Å². The van der Waals surface area contributed by atoms with Crippen LogP contribution in [0, 0.1) is 11.8 Å². The lowest BCUT2D eigenvalue weighted by molar-refractivity contribution is 0.0946. The van der Waals surface area contributed by atoms with Crippen LogP contribution in [0.1, 0.15) is 20.2 Å². The molecule has 0 atom stereocenters. The van der Waals surface area contributed by atoms with E-state index in [9.17, 15) is 4.79 Å². The van der Waals surface area contributed by atoms with E-state index in [0.717, 1.165) is 9.75 Å². The molecule has 0 aliphatic heterocycles. The van der Waals surface area contributed by atoms with Crippen molar-refractivity contribution < 1.29 is 4.79 Å². The van der Waals surface area contributed by atoms with E-state index < -0.39 is 0 Å². The summed E-state index contributed by atoms with van der Waals surface area (Å²) in [6.07, 6.45) is 3.28. The molecule has 0 aliphatic carbocycles. The number of imidazole rings is 1. The Labute approximate surface area is 115 Å². The lowest BCUT2D eigenvalue weighted by atomic mass is 10.4. The molecule has 19 heavy (non-hydrogen) atoms. The average molecular weight is 274 g/mol. The minimum Gasteiger partial charge on any atom is -0.346 e. The fourth-order valence-corrected chi connectivity index (χ4v) is 2.29. The van der Waals surface area contributed by atoms with Crippen LogP contribution in [0.4, 0.5) is 0 Å². The van der Waals surface area contributed by atoms with Crippen LogP contribution in [0.2, 0.25) is 0 Å². The average Bonchev–Trinajstić information content (AvgIpc) is 3.02. The number of thiophene rings is 1. The molecule has 0 radical (unpaired) electrons. The Morgan fingerprint density at radius 2 is 2.42 bits per heavy atom. The molecule has 1 amide bonds. The molecule has 0 saturated carbocycles. The molecule has 2 aromatic rings. The molecule has 0 saturated heterocycles. The first kappa shape index (κ1) is 13.3. The Kier molecular flexibility index (Phi) is 4.34. The first-order valence-electron chi connectivity index (χ1n) is 5.73. The number of amides is 1. The fourth-order valence-electron chi connectivity index (χ4n) is 1.47. The number of carbonyl (C=O) groups excluding carboxylic acids is 1. The molecule has 98 valence electrons. The maximum absolute atomic E-state index is 11.8. The van der Waals surface area contributed by atoms with Crippen LogP contribution in [0.15, 0.2) is 24.7 Å². The molecule has 0 fully saturated rings. The summed E-state index contributed by atoms with van der Waals surface area (Å²) in [6.45, 7) is 0.827. The Morgan fingerprint density at radius 3 is 3.11 bits per heavy atom. The first-order chi connectivity index (χ1) is 9.19. The highest BCUT2D eigenvalue weighted by Gasteiger charge is 2.08. The summed E-state index contributed by atoms with van der Waals surface area (Å²) >= 11 is 1.55. The monoisotopic (exact) mass is 274 g/mol. The second-order valence-corrected chi connectivity index (χ2v) is 5.05. The first-order valence-corrected chi connectivity index (χ1v) is 6.54. The molecule has 5 nitrogen and oxygen atoms in total. The normalized spacial score (nSPS) is 9.79. The number of hydrogen-bond acceptors (Lipinski definition) is 4. The Morgan fingerprint density at radius 1 is 1.58 bits per heavy atom. The summed E-state index contributed by atoms with van der Waals surface area (Å²) < 4.78 is 1.74. The third-order valence-electron chi connectivity index (χ3n) is 2.34. The minimum atomic E-state index is -0.177. The van der Waals surface area contributed by atoms with Crippen LogP contribution in [-0.4, -0.2) is 22.0 Å². The molecule has 0 aromatic carbocycles. The summed E-state index contributed by atoms with van der Waals surface area (Å²) in [6, 6.07) is 3.87. The summed E-state index contributed by atoms with van der Waals surface area (Å²) in [5.74, 6) is 5.58. The molecule has 2 rings (SSSR count). The van der Waals surface area contributed by atoms with Crippen molar-refractivity contribution in [3.8, 4) is 11.8 Å². The maximum Gasteiger partial charge on any atom is 0.271 e. The van der Waals surface area contributed by atoms with Gasteiger partial charge >= 0.3 is 0 Å². The van der Waals surface area contributed by atoms with Gasteiger partial charge in [0.25, 0.3) is 5.91 Å². The van der Waals surface area contributed by atoms with Gasteiger partial charge in [-0.2, -0.15) is 0 Å². The second kappa shape index (κ2) is 6.18. The van der Waals surface area contributed by atoms with E-state index in [1.807, 2.05) is 19.2 Å². The van der Waals surface area contributed by atoms with Gasteiger partial charge in [0.05, 0.1) is 24.3 Å². The second-order valence-electron chi connectivity index (χ2n) is 3.88. The molecule has 0 unspecified atom stereocenters. The number of aromatic nitrogens is 2. The molecule has 0 spiro atoms. The molecule has 3 N–H and O–H groups in total. The van der Waals surface area contributed by atoms with Crippen LogP contribution >= 0.6 is 11.3 Å². The molecule has 2 heterocycles. The van der Waals surface area contributed by atoms with Crippen molar-refractivity contribution in [1.82, 2.24) is 14.9 Å². The summed E-state index contributed by atoms with van der Waals surface area (Å²) in [5, 5.41) is 2.82. The summed E-state index contributed by atoms with van der Waals surface area (Å²) in [4.78, 5) is 17.8. The SMILES string of the molecule is Cn1cnc(C(=O)NCc2ccc(C#CCN)s2)c1. The summed E-state index contributed by atoms with van der Waals surface area (Å²) in [7, 11) is 1.82. The van der Waals surface area contributed by atoms with Gasteiger partial charge in [-0.25, -0.2) is 4.98 Å². The highest BCUT2D eigenvalue weighted by molar-refractivity contribution is 7.12. The quantitative estimate of drug-likeness (QED) is 0.810. The molecular weight excluding hydrogens is 260 g/mol. The van der Waals surface area contributed by atoms with Crippen LogP contribution in [0.3, 0.4) is 0 Å². The predicted molar refractivity (Wildman–Crippen MR) is 74.6 cm³/mol. The smallest absolute Gasteiger partial charge is 0.271 e. The topological polar surface area (TPSA) is 72.9 Å². The Balaban J connectivity index is 1.92. The number of nitrogens with zero attached hydrogens (tertiary/aromatic N) is 2. The van der Waals surface area contributed by atoms with E-state index in [-0.39, 0.29) is 5.91 Å². The molecule has 0 bridgehead atoms. The van der Waals surface area contributed by atoms with Gasteiger partial charge in [0.15, 0.2) is 0 Å². The van der Waals surface area contributed by atoms with Crippen molar-refractivity contribution in [2.24, 2.45) is 12.8 Å². The van der Waals surface area contributed by atoms with Gasteiger partial charge in [0.2, 0.25) is 0 Å². The van der Waals surface area contributed by atoms with Gasteiger partial charge in [-0.3, -0.25) is 4.79 Å².